The van der Waals surface area contributed by atoms with E-state index in [9.17, 15) is 4.79 Å². The van der Waals surface area contributed by atoms with Gasteiger partial charge in [-0.05, 0) is 18.6 Å². The minimum absolute atomic E-state index is 0.209. The molecule has 0 N–H and O–H groups in total. The Bertz CT molecular complexity index is 718. The highest BCUT2D eigenvalue weighted by Gasteiger charge is 2.22. The van der Waals surface area contributed by atoms with Gasteiger partial charge in [-0.25, -0.2) is 4.79 Å². The van der Waals surface area contributed by atoms with Gasteiger partial charge in [-0.1, -0.05) is 30.3 Å². The first-order valence-electron chi connectivity index (χ1n) is 6.85. The number of carbonyl (C=O) groups excluding carboxylic acids is 1. The van der Waals surface area contributed by atoms with Gasteiger partial charge in [0.15, 0.2) is 0 Å². The third kappa shape index (κ3) is 2.65. The fraction of sp³-hybridized carbons (Fsp3) is 0.176. The van der Waals surface area contributed by atoms with E-state index < -0.39 is 5.97 Å². The van der Waals surface area contributed by atoms with E-state index in [1.807, 2.05) is 24.3 Å². The number of benzene rings is 1. The standard InChI is InChI=1S/C17H15NO3/c1-2-20-17(19)16-14-11-18-15(13(14)8-9-21-16)10-12-6-4-3-5-7-12/h3-9,11H,2,10H2,1H3. The number of carbonyl (C=O) groups is 1. The molecule has 0 amide bonds. The van der Waals surface area contributed by atoms with E-state index in [2.05, 4.69) is 17.1 Å². The third-order valence-electron chi connectivity index (χ3n) is 3.29. The molecule has 0 radical (unpaired) electrons. The molecule has 2 aliphatic rings. The summed E-state index contributed by atoms with van der Waals surface area (Å²) in [5, 5.41) is 0. The van der Waals surface area contributed by atoms with Crippen LogP contribution in [0, 0.1) is 0 Å². The summed E-state index contributed by atoms with van der Waals surface area (Å²) < 4.78 is 10.3. The van der Waals surface area contributed by atoms with Crippen molar-refractivity contribution in [2.75, 3.05) is 6.61 Å². The van der Waals surface area contributed by atoms with E-state index in [0.717, 1.165) is 17.7 Å². The molecule has 0 saturated heterocycles. The number of hydrogen-bond acceptors (Lipinski definition) is 4. The predicted octanol–water partition coefficient (Wildman–Crippen LogP) is 3.55. The van der Waals surface area contributed by atoms with Crippen molar-refractivity contribution in [1.29, 1.82) is 0 Å². The Morgan fingerprint density at radius 2 is 2.00 bits per heavy atom. The molecule has 0 aliphatic carbocycles. The van der Waals surface area contributed by atoms with Crippen molar-refractivity contribution in [3.8, 4) is 11.1 Å². The first-order chi connectivity index (χ1) is 10.3. The molecule has 0 aromatic heterocycles. The van der Waals surface area contributed by atoms with Crippen LogP contribution < -0.4 is 0 Å². The van der Waals surface area contributed by atoms with Gasteiger partial charge in [-0.3, -0.25) is 4.98 Å². The SMILES string of the molecule is CCOC(=O)c1occc2c(Cc3ccccc3)ncc1-2. The van der Waals surface area contributed by atoms with Crippen LogP contribution in [-0.2, 0) is 11.2 Å². The maximum absolute atomic E-state index is 11.9. The topological polar surface area (TPSA) is 52.3 Å². The van der Waals surface area contributed by atoms with Crippen molar-refractivity contribution in [3.63, 3.8) is 0 Å². The van der Waals surface area contributed by atoms with Gasteiger partial charge in [0, 0.05) is 18.2 Å². The van der Waals surface area contributed by atoms with Crippen molar-refractivity contribution < 1.29 is 13.9 Å². The number of ether oxygens (including phenoxy) is 1. The van der Waals surface area contributed by atoms with Crippen LogP contribution in [0.25, 0.3) is 11.1 Å². The number of aromatic nitrogens is 1. The molecular formula is C17H15NO3. The molecule has 21 heavy (non-hydrogen) atoms. The average molecular weight is 281 g/mol. The van der Waals surface area contributed by atoms with Gasteiger partial charge in [-0.15, -0.1) is 0 Å². The van der Waals surface area contributed by atoms with Gasteiger partial charge >= 0.3 is 5.97 Å². The van der Waals surface area contributed by atoms with Crippen molar-refractivity contribution in [3.05, 3.63) is 65.9 Å². The van der Waals surface area contributed by atoms with Gasteiger partial charge in [-0.2, -0.15) is 0 Å². The molecule has 0 fully saturated rings. The molecule has 0 atom stereocenters. The van der Waals surface area contributed by atoms with E-state index >= 15 is 0 Å². The molecule has 106 valence electrons. The Balaban J connectivity index is 1.93. The normalized spacial score (nSPS) is 10.7. The minimum atomic E-state index is -0.457. The molecule has 2 heterocycles. The molecule has 4 nitrogen and oxygen atoms in total. The monoisotopic (exact) mass is 281 g/mol. The van der Waals surface area contributed by atoms with Crippen molar-refractivity contribution in [2.45, 2.75) is 13.3 Å². The van der Waals surface area contributed by atoms with Crippen LogP contribution in [0.4, 0.5) is 0 Å². The van der Waals surface area contributed by atoms with Crippen LogP contribution in [0.1, 0.15) is 28.7 Å². The zero-order chi connectivity index (χ0) is 14.7. The fourth-order valence-electron chi connectivity index (χ4n) is 2.32. The van der Waals surface area contributed by atoms with E-state index in [4.69, 9.17) is 9.15 Å². The van der Waals surface area contributed by atoms with E-state index in [-0.39, 0.29) is 5.76 Å². The Labute approximate surface area is 122 Å². The highest BCUT2D eigenvalue weighted by Crippen LogP contribution is 2.30. The van der Waals surface area contributed by atoms with Gasteiger partial charge < -0.3 is 9.15 Å². The number of fused-ring (bicyclic) bond motifs is 1. The maximum Gasteiger partial charge on any atom is 0.374 e. The number of nitrogens with zero attached hydrogens (tertiary/aromatic N) is 1. The van der Waals surface area contributed by atoms with Gasteiger partial charge in [0.2, 0.25) is 5.76 Å². The number of hydrogen-bond donors (Lipinski definition) is 0. The highest BCUT2D eigenvalue weighted by molar-refractivity contribution is 5.95. The fourth-order valence-corrected chi connectivity index (χ4v) is 2.32. The number of esters is 1. The molecule has 0 bridgehead atoms. The Morgan fingerprint density at radius 1 is 1.19 bits per heavy atom. The van der Waals surface area contributed by atoms with Gasteiger partial charge in [0.25, 0.3) is 0 Å². The lowest BCUT2D eigenvalue weighted by atomic mass is 10.0. The zero-order valence-electron chi connectivity index (χ0n) is 11.7. The second-order valence-electron chi connectivity index (χ2n) is 4.66. The van der Waals surface area contributed by atoms with Crippen LogP contribution in [0.5, 0.6) is 0 Å². The minimum Gasteiger partial charge on any atom is -0.460 e. The molecule has 1 aromatic carbocycles. The highest BCUT2D eigenvalue weighted by atomic mass is 16.5. The summed E-state index contributed by atoms with van der Waals surface area (Å²) in [5.74, 6) is -0.247. The Hall–Kier alpha value is -2.62. The van der Waals surface area contributed by atoms with E-state index in [1.54, 1.807) is 13.1 Å². The lowest BCUT2D eigenvalue weighted by Crippen LogP contribution is -2.06. The molecule has 3 rings (SSSR count). The summed E-state index contributed by atoms with van der Waals surface area (Å²) in [5.41, 5.74) is 3.73. The van der Waals surface area contributed by atoms with Crippen LogP contribution in [0.3, 0.4) is 0 Å². The van der Waals surface area contributed by atoms with Crippen LogP contribution in [0.15, 0.2) is 53.3 Å². The van der Waals surface area contributed by atoms with Crippen molar-refractivity contribution >= 4 is 5.97 Å². The second-order valence-corrected chi connectivity index (χ2v) is 4.66. The molecule has 4 heteroatoms. The first kappa shape index (κ1) is 13.4. The van der Waals surface area contributed by atoms with E-state index in [1.165, 1.54) is 11.8 Å². The Kier molecular flexibility index (Phi) is 3.69. The summed E-state index contributed by atoms with van der Waals surface area (Å²) in [6.45, 7) is 2.08. The molecule has 2 aliphatic heterocycles. The van der Waals surface area contributed by atoms with Gasteiger partial charge in [0.1, 0.15) is 0 Å². The quantitative estimate of drug-likeness (QED) is 0.686. The smallest absolute Gasteiger partial charge is 0.374 e. The summed E-state index contributed by atoms with van der Waals surface area (Å²) in [6, 6.07) is 11.9. The molecule has 0 unspecified atom stereocenters. The molecule has 0 spiro atoms. The summed E-state index contributed by atoms with van der Waals surface area (Å²) in [7, 11) is 0. The van der Waals surface area contributed by atoms with Crippen LogP contribution >= 0.6 is 0 Å². The van der Waals surface area contributed by atoms with Gasteiger partial charge in [0.05, 0.1) is 24.1 Å². The van der Waals surface area contributed by atoms with Crippen LogP contribution in [0.2, 0.25) is 0 Å². The average Bonchev–Trinajstić information content (AvgIpc) is 2.92. The maximum atomic E-state index is 11.9. The zero-order valence-corrected chi connectivity index (χ0v) is 11.7. The van der Waals surface area contributed by atoms with Crippen molar-refractivity contribution in [2.24, 2.45) is 0 Å². The van der Waals surface area contributed by atoms with Crippen molar-refractivity contribution in [1.82, 2.24) is 4.98 Å². The summed E-state index contributed by atoms with van der Waals surface area (Å²) in [6.07, 6.45) is 3.89. The lowest BCUT2D eigenvalue weighted by molar-refractivity contribution is 0.0488. The Morgan fingerprint density at radius 3 is 2.76 bits per heavy atom. The molecule has 1 aromatic rings. The third-order valence-corrected chi connectivity index (χ3v) is 3.29. The molecular weight excluding hydrogens is 266 g/mol. The molecule has 0 saturated carbocycles. The largest absolute Gasteiger partial charge is 0.460 e. The number of rotatable bonds is 4. The first-order valence-corrected chi connectivity index (χ1v) is 6.85. The predicted molar refractivity (Wildman–Crippen MR) is 78.3 cm³/mol. The lowest BCUT2D eigenvalue weighted by Gasteiger charge is -2.07. The summed E-state index contributed by atoms with van der Waals surface area (Å²) >= 11 is 0. The second kappa shape index (κ2) is 5.79. The summed E-state index contributed by atoms with van der Waals surface area (Å²) in [4.78, 5) is 16.3. The van der Waals surface area contributed by atoms with E-state index in [0.29, 0.717) is 12.2 Å². The van der Waals surface area contributed by atoms with Crippen LogP contribution in [-0.4, -0.2) is 17.6 Å².